The van der Waals surface area contributed by atoms with E-state index in [1.54, 1.807) is 0 Å². The predicted molar refractivity (Wildman–Crippen MR) is 123 cm³/mol. The van der Waals surface area contributed by atoms with Gasteiger partial charge in [-0.25, -0.2) is 8.78 Å². The van der Waals surface area contributed by atoms with Crippen LogP contribution in [0, 0.1) is 5.82 Å². The monoisotopic (exact) mass is 631 g/mol. The first kappa shape index (κ1) is 33.5. The molecule has 0 bridgehead atoms. The van der Waals surface area contributed by atoms with Crippen molar-refractivity contribution < 1.29 is 62.0 Å². The third-order valence-electron chi connectivity index (χ3n) is 5.05. The van der Waals surface area contributed by atoms with Crippen molar-refractivity contribution in [1.82, 2.24) is 5.32 Å². The van der Waals surface area contributed by atoms with Crippen LogP contribution in [0.1, 0.15) is 33.0 Å². The smallest absolute Gasteiger partial charge is 0.361 e. The second-order valence-electron chi connectivity index (χ2n) is 8.03. The Morgan fingerprint density at radius 1 is 1.05 bits per heavy atom. The summed E-state index contributed by atoms with van der Waals surface area (Å²) in [4.78, 5) is 12.5. The third kappa shape index (κ3) is 9.44. The third-order valence-corrected chi connectivity index (χ3v) is 6.67. The zero-order chi connectivity index (χ0) is 30.6. The topological polar surface area (TPSA) is 55.4 Å². The first-order chi connectivity index (χ1) is 18.2. The maximum absolute atomic E-state index is 14.9. The minimum absolute atomic E-state index is 0.0510. The lowest BCUT2D eigenvalue weighted by Crippen LogP contribution is -2.41. The molecule has 17 heteroatoms. The van der Waals surface area contributed by atoms with Gasteiger partial charge in [0.15, 0.2) is 0 Å². The van der Waals surface area contributed by atoms with E-state index in [1.807, 2.05) is 5.32 Å². The van der Waals surface area contributed by atoms with Gasteiger partial charge >= 0.3 is 18.5 Å². The van der Waals surface area contributed by atoms with Crippen molar-refractivity contribution in [3.05, 3.63) is 75.6 Å². The molecule has 3 atom stereocenters. The fraction of sp³-hybridized carbons (Fsp3) is 0.348. The lowest BCUT2D eigenvalue weighted by molar-refractivity contribution is -0.140. The largest absolute Gasteiger partial charge is 0.417 e. The number of benzene rings is 2. The van der Waals surface area contributed by atoms with E-state index in [9.17, 15) is 57.3 Å². The Kier molecular flexibility index (Phi) is 10.8. The van der Waals surface area contributed by atoms with Gasteiger partial charge in [0.05, 0.1) is 21.9 Å². The lowest BCUT2D eigenvalue weighted by Gasteiger charge is -2.20. The van der Waals surface area contributed by atoms with Gasteiger partial charge in [0, 0.05) is 23.5 Å². The first-order valence-electron chi connectivity index (χ1n) is 10.6. The molecule has 0 aliphatic rings. The molecule has 2 aromatic rings. The Bertz CT molecular complexity index is 1280. The summed E-state index contributed by atoms with van der Waals surface area (Å²) in [6.07, 6.45) is -17.1. The van der Waals surface area contributed by atoms with E-state index in [4.69, 9.17) is 11.6 Å². The van der Waals surface area contributed by atoms with E-state index in [0.717, 1.165) is 7.11 Å². The SMILES string of the molecule is COC(CS(=O)CC(F)(F)F)NC(=O)c1ccc(/C(F)=C/C(c2ccc(F)c(Cl)c2)C(F)(F)F)cc1C(F)(F)F. The maximum Gasteiger partial charge on any atom is 0.417 e. The van der Waals surface area contributed by atoms with E-state index in [2.05, 4.69) is 4.74 Å². The van der Waals surface area contributed by atoms with Gasteiger partial charge in [-0.1, -0.05) is 23.7 Å². The van der Waals surface area contributed by atoms with Crippen LogP contribution >= 0.6 is 11.6 Å². The average molecular weight is 632 g/mol. The number of methoxy groups -OCH3 is 1. The highest BCUT2D eigenvalue weighted by atomic mass is 35.5. The molecule has 3 unspecified atom stereocenters. The number of hydrogen-bond donors (Lipinski definition) is 1. The van der Waals surface area contributed by atoms with Crippen molar-refractivity contribution in [1.29, 1.82) is 0 Å². The number of rotatable bonds is 9. The summed E-state index contributed by atoms with van der Waals surface area (Å²) in [5.41, 5.74) is -4.70. The molecule has 40 heavy (non-hydrogen) atoms. The lowest BCUT2D eigenvalue weighted by atomic mass is 9.95. The van der Waals surface area contributed by atoms with Gasteiger partial charge in [-0.2, -0.15) is 39.5 Å². The molecule has 0 aliphatic heterocycles. The van der Waals surface area contributed by atoms with Crippen LogP contribution in [-0.4, -0.2) is 47.3 Å². The minimum atomic E-state index is -5.35. The number of nitrogens with one attached hydrogen (secondary N) is 1. The van der Waals surface area contributed by atoms with Gasteiger partial charge in [0.1, 0.15) is 29.5 Å². The zero-order valence-corrected chi connectivity index (χ0v) is 21.4. The fourth-order valence-corrected chi connectivity index (χ4v) is 4.49. The van der Waals surface area contributed by atoms with Crippen molar-refractivity contribution in [3.63, 3.8) is 0 Å². The molecule has 2 rings (SSSR count). The first-order valence-corrected chi connectivity index (χ1v) is 12.5. The molecule has 0 radical (unpaired) electrons. The number of alkyl halides is 9. The second-order valence-corrected chi connectivity index (χ2v) is 9.94. The number of allylic oxidation sites excluding steroid dienone is 1. The normalized spacial score (nSPS) is 15.5. The molecule has 222 valence electrons. The fourth-order valence-electron chi connectivity index (χ4n) is 3.26. The summed E-state index contributed by atoms with van der Waals surface area (Å²) >= 11 is 5.49. The predicted octanol–water partition coefficient (Wildman–Crippen LogP) is 7.17. The average Bonchev–Trinajstić information content (AvgIpc) is 2.80. The van der Waals surface area contributed by atoms with Crippen LogP contribution in [0.15, 0.2) is 42.5 Å². The van der Waals surface area contributed by atoms with Crippen molar-refractivity contribution in [2.75, 3.05) is 18.6 Å². The zero-order valence-electron chi connectivity index (χ0n) is 19.8. The van der Waals surface area contributed by atoms with Gasteiger partial charge in [-0.15, -0.1) is 0 Å². The van der Waals surface area contributed by atoms with Crippen molar-refractivity contribution in [2.24, 2.45) is 0 Å². The van der Waals surface area contributed by atoms with Crippen LogP contribution in [0.3, 0.4) is 0 Å². The summed E-state index contributed by atoms with van der Waals surface area (Å²) < 4.78 is 164. The van der Waals surface area contributed by atoms with Crippen molar-refractivity contribution in [2.45, 2.75) is 30.7 Å². The molecule has 0 fully saturated rings. The van der Waals surface area contributed by atoms with Gasteiger partial charge < -0.3 is 10.1 Å². The van der Waals surface area contributed by atoms with Crippen molar-refractivity contribution >= 4 is 34.1 Å². The van der Waals surface area contributed by atoms with E-state index < -0.39 is 97.8 Å². The van der Waals surface area contributed by atoms with E-state index in [-0.39, 0.29) is 12.1 Å². The summed E-state index contributed by atoms with van der Waals surface area (Å²) in [5.74, 6) is -9.87. The Hall–Kier alpha value is -2.72. The van der Waals surface area contributed by atoms with Crippen LogP contribution in [0.25, 0.3) is 5.83 Å². The Morgan fingerprint density at radius 3 is 2.17 bits per heavy atom. The number of amides is 1. The molecular weight excluding hydrogens is 615 g/mol. The summed E-state index contributed by atoms with van der Waals surface area (Å²) in [6.45, 7) is 0. The van der Waals surface area contributed by atoms with Gasteiger partial charge in [-0.3, -0.25) is 9.00 Å². The Balaban J connectivity index is 2.43. The van der Waals surface area contributed by atoms with Crippen LogP contribution in [-0.2, 0) is 21.7 Å². The number of halogens is 12. The highest BCUT2D eigenvalue weighted by molar-refractivity contribution is 7.85. The minimum Gasteiger partial charge on any atom is -0.361 e. The van der Waals surface area contributed by atoms with E-state index in [1.165, 1.54) is 0 Å². The molecule has 1 N–H and O–H groups in total. The molecule has 0 saturated carbocycles. The van der Waals surface area contributed by atoms with Crippen LogP contribution in [0.4, 0.5) is 48.3 Å². The molecule has 2 aromatic carbocycles. The number of carbonyl (C=O) groups is 1. The molecule has 0 aromatic heterocycles. The number of carbonyl (C=O) groups excluding carboxylic acids is 1. The molecule has 4 nitrogen and oxygen atoms in total. The Labute approximate surface area is 226 Å². The highest BCUT2D eigenvalue weighted by Crippen LogP contribution is 2.40. The molecule has 0 aliphatic carbocycles. The van der Waals surface area contributed by atoms with Crippen molar-refractivity contribution in [3.8, 4) is 0 Å². The molecular formula is C23H17ClF11NO3S. The summed E-state index contributed by atoms with van der Waals surface area (Å²) in [6, 6.07) is 2.86. The number of hydrogen-bond acceptors (Lipinski definition) is 3. The number of ether oxygens (including phenoxy) is 1. The Morgan fingerprint density at radius 2 is 1.68 bits per heavy atom. The molecule has 1 amide bonds. The van der Waals surface area contributed by atoms with Crippen LogP contribution in [0.2, 0.25) is 5.02 Å². The highest BCUT2D eigenvalue weighted by Gasteiger charge is 2.41. The van der Waals surface area contributed by atoms with E-state index >= 15 is 0 Å². The summed E-state index contributed by atoms with van der Waals surface area (Å²) in [7, 11) is -1.75. The molecule has 0 saturated heterocycles. The van der Waals surface area contributed by atoms with Crippen LogP contribution in [0.5, 0.6) is 0 Å². The van der Waals surface area contributed by atoms with Gasteiger partial charge in [0.2, 0.25) is 0 Å². The van der Waals surface area contributed by atoms with Gasteiger partial charge in [-0.05, 0) is 35.9 Å². The standard InChI is InChI=1S/C23H17ClF11NO3S/c1-39-19(9-40(38)10-21(27,28)29)36-20(37)13-4-2-12(6-15(13)23(33,34)35)18(26)8-14(22(30,31)32)11-3-5-17(25)16(24)7-11/h2-8,14,19H,9-10H2,1H3,(H,36,37)/b18-8-. The maximum atomic E-state index is 14.9. The van der Waals surface area contributed by atoms with E-state index in [0.29, 0.717) is 30.3 Å². The quantitative estimate of drug-likeness (QED) is 0.236. The summed E-state index contributed by atoms with van der Waals surface area (Å²) in [5, 5.41) is 1.11. The van der Waals surface area contributed by atoms with Crippen LogP contribution < -0.4 is 5.32 Å². The second kappa shape index (κ2) is 12.9. The molecule has 0 spiro atoms. The van der Waals surface area contributed by atoms with Gasteiger partial charge in [0.25, 0.3) is 5.91 Å². The molecule has 0 heterocycles.